The van der Waals surface area contributed by atoms with E-state index in [-0.39, 0.29) is 25.7 Å². The average Bonchev–Trinajstić information content (AvgIpc) is 0.961. The molecule has 588 valence electrons. The van der Waals surface area contributed by atoms with E-state index >= 15 is 0 Å². The Morgan fingerprint density at radius 1 is 0.273 bits per heavy atom. The highest BCUT2D eigenvalue weighted by Crippen LogP contribution is 2.45. The van der Waals surface area contributed by atoms with Crippen LogP contribution in [0.3, 0.4) is 0 Å². The lowest BCUT2D eigenvalue weighted by atomic mass is 10.0. The van der Waals surface area contributed by atoms with Gasteiger partial charge in [0.2, 0.25) is 0 Å². The lowest BCUT2D eigenvalue weighted by molar-refractivity contribution is -0.161. The van der Waals surface area contributed by atoms with Crippen LogP contribution < -0.4 is 0 Å². The molecule has 17 nitrogen and oxygen atoms in total. The van der Waals surface area contributed by atoms with Gasteiger partial charge < -0.3 is 33.8 Å². The summed E-state index contributed by atoms with van der Waals surface area (Å²) in [4.78, 5) is 73.0. The zero-order chi connectivity index (χ0) is 72.8. The highest BCUT2D eigenvalue weighted by molar-refractivity contribution is 7.47. The normalized spacial score (nSPS) is 13.9. The SMILES string of the molecule is CCCCCCCCCCCCCCCCCCCC(=O)OC[C@H](COP(=O)(O)OC[C@@H](O)COP(=O)(O)OC[C@@H](COC(=O)CCCCCCCCCCCC)OC(=O)CCCCCCCCCCCCC(C)C)OC(=O)CCCCCCCCCCCCCCCCCCC(C)C. The molecule has 0 fully saturated rings. The zero-order valence-electron chi connectivity index (χ0n) is 64.8. The van der Waals surface area contributed by atoms with Crippen molar-refractivity contribution in [1.82, 2.24) is 0 Å². The van der Waals surface area contributed by atoms with Crippen LogP contribution in [0.1, 0.15) is 420 Å². The predicted molar refractivity (Wildman–Crippen MR) is 405 cm³/mol. The van der Waals surface area contributed by atoms with Crippen LogP contribution in [0.25, 0.3) is 0 Å². The van der Waals surface area contributed by atoms with E-state index in [1.54, 1.807) is 0 Å². The van der Waals surface area contributed by atoms with E-state index in [0.29, 0.717) is 25.7 Å². The van der Waals surface area contributed by atoms with E-state index in [4.69, 9.17) is 37.0 Å². The van der Waals surface area contributed by atoms with Gasteiger partial charge in [0.05, 0.1) is 26.4 Å². The van der Waals surface area contributed by atoms with Crippen LogP contribution in [0.4, 0.5) is 0 Å². The predicted octanol–water partition coefficient (Wildman–Crippen LogP) is 23.9. The van der Waals surface area contributed by atoms with Crippen LogP contribution in [0.2, 0.25) is 0 Å². The minimum Gasteiger partial charge on any atom is -0.462 e. The van der Waals surface area contributed by atoms with Gasteiger partial charge in [0.1, 0.15) is 19.3 Å². The molecule has 0 aliphatic rings. The van der Waals surface area contributed by atoms with Gasteiger partial charge in [-0.2, -0.15) is 0 Å². The Labute approximate surface area is 607 Å². The zero-order valence-corrected chi connectivity index (χ0v) is 66.6. The Kier molecular flexibility index (Phi) is 70.3. The standard InChI is InChI=1S/C80H156O17P2/c1-7-9-11-13-15-17-19-20-21-22-26-29-32-39-45-51-57-63-78(83)91-69-76(96-79(84)64-58-52-46-40-33-30-27-24-23-25-28-31-36-42-48-54-60-72(3)4)71-95-99(88,89)93-67-74(81)66-92-98(86,87)94-70-75(68-90-77(82)62-56-50-44-38-18-16-14-12-10-8-2)97-80(85)65-59-53-47-41-35-34-37-43-49-55-61-73(5)6/h72-76,81H,7-71H2,1-6H3,(H,86,87)(H,88,89)/t74-,75+,76+/m0/s1. The third-order valence-electron chi connectivity index (χ3n) is 18.7. The van der Waals surface area contributed by atoms with Crippen LogP contribution in [-0.4, -0.2) is 96.7 Å². The molecular formula is C80H156O17P2. The fourth-order valence-electron chi connectivity index (χ4n) is 12.4. The summed E-state index contributed by atoms with van der Waals surface area (Å²) < 4.78 is 68.7. The molecule has 19 heteroatoms. The van der Waals surface area contributed by atoms with E-state index < -0.39 is 97.5 Å². The maximum Gasteiger partial charge on any atom is 0.472 e. The molecule has 0 saturated heterocycles. The van der Waals surface area contributed by atoms with Crippen molar-refractivity contribution in [3.05, 3.63) is 0 Å². The molecule has 0 aromatic rings. The molecule has 0 aromatic carbocycles. The summed E-state index contributed by atoms with van der Waals surface area (Å²) >= 11 is 0. The van der Waals surface area contributed by atoms with Crippen molar-refractivity contribution in [2.75, 3.05) is 39.6 Å². The maximum atomic E-state index is 13.1. The Morgan fingerprint density at radius 2 is 0.465 bits per heavy atom. The molecule has 3 N–H and O–H groups in total. The topological polar surface area (TPSA) is 237 Å². The Balaban J connectivity index is 5.23. The van der Waals surface area contributed by atoms with Crippen LogP contribution in [0.15, 0.2) is 0 Å². The summed E-state index contributed by atoms with van der Waals surface area (Å²) in [6, 6.07) is 0. The van der Waals surface area contributed by atoms with Gasteiger partial charge in [-0.3, -0.25) is 37.3 Å². The minimum atomic E-state index is -4.96. The highest BCUT2D eigenvalue weighted by atomic mass is 31.2. The number of hydrogen-bond donors (Lipinski definition) is 3. The van der Waals surface area contributed by atoms with Gasteiger partial charge in [-0.25, -0.2) is 9.13 Å². The van der Waals surface area contributed by atoms with Crippen LogP contribution in [0.5, 0.6) is 0 Å². The number of ether oxygens (including phenoxy) is 4. The monoisotopic (exact) mass is 1450 g/mol. The third kappa shape index (κ3) is 74.1. The van der Waals surface area contributed by atoms with Gasteiger partial charge in [0, 0.05) is 25.7 Å². The maximum absolute atomic E-state index is 13.1. The molecule has 5 atom stereocenters. The van der Waals surface area contributed by atoms with Crippen molar-refractivity contribution in [2.24, 2.45) is 11.8 Å². The molecule has 0 bridgehead atoms. The fraction of sp³-hybridized carbons (Fsp3) is 0.950. The fourth-order valence-corrected chi connectivity index (χ4v) is 13.9. The molecular weight excluding hydrogens is 1290 g/mol. The number of aliphatic hydroxyl groups is 1. The van der Waals surface area contributed by atoms with Crippen LogP contribution >= 0.6 is 15.6 Å². The molecule has 0 radical (unpaired) electrons. The van der Waals surface area contributed by atoms with Crippen molar-refractivity contribution in [1.29, 1.82) is 0 Å². The summed E-state index contributed by atoms with van der Waals surface area (Å²) in [6.45, 7) is 9.64. The minimum absolute atomic E-state index is 0.106. The molecule has 0 saturated carbocycles. The van der Waals surface area contributed by atoms with Crippen LogP contribution in [0, 0.1) is 11.8 Å². The number of unbranched alkanes of at least 4 members (excludes halogenated alkanes) is 49. The molecule has 2 unspecified atom stereocenters. The van der Waals surface area contributed by atoms with Gasteiger partial charge in [-0.15, -0.1) is 0 Å². The number of phosphoric ester groups is 2. The van der Waals surface area contributed by atoms with Crippen molar-refractivity contribution < 1.29 is 80.2 Å². The van der Waals surface area contributed by atoms with E-state index in [9.17, 15) is 43.2 Å². The number of esters is 4. The second kappa shape index (κ2) is 71.7. The van der Waals surface area contributed by atoms with Gasteiger partial charge in [0.15, 0.2) is 12.2 Å². The second-order valence-corrected chi connectivity index (χ2v) is 32.7. The van der Waals surface area contributed by atoms with Gasteiger partial charge in [-0.05, 0) is 37.5 Å². The molecule has 0 heterocycles. The van der Waals surface area contributed by atoms with E-state index in [0.717, 1.165) is 102 Å². The van der Waals surface area contributed by atoms with Gasteiger partial charge in [-0.1, -0.05) is 369 Å². The quantitative estimate of drug-likeness (QED) is 0.0222. The molecule has 99 heavy (non-hydrogen) atoms. The number of phosphoric acid groups is 2. The Bertz CT molecular complexity index is 1910. The average molecular weight is 1450 g/mol. The number of carbonyl (C=O) groups excluding carboxylic acids is 4. The lowest BCUT2D eigenvalue weighted by Crippen LogP contribution is -2.30. The highest BCUT2D eigenvalue weighted by Gasteiger charge is 2.30. The number of hydrogen-bond acceptors (Lipinski definition) is 15. The largest absolute Gasteiger partial charge is 0.472 e. The molecule has 0 aliphatic carbocycles. The Morgan fingerprint density at radius 3 is 0.687 bits per heavy atom. The summed E-state index contributed by atoms with van der Waals surface area (Å²) in [5, 5.41) is 10.6. The third-order valence-corrected chi connectivity index (χ3v) is 20.6. The number of rotatable bonds is 79. The van der Waals surface area contributed by atoms with Gasteiger partial charge >= 0.3 is 39.5 Å². The van der Waals surface area contributed by atoms with Crippen molar-refractivity contribution in [3.63, 3.8) is 0 Å². The van der Waals surface area contributed by atoms with Crippen molar-refractivity contribution in [3.8, 4) is 0 Å². The molecule has 0 aromatic heterocycles. The first kappa shape index (κ1) is 97.1. The van der Waals surface area contributed by atoms with E-state index in [2.05, 4.69) is 41.5 Å². The second-order valence-electron chi connectivity index (χ2n) is 29.8. The summed E-state index contributed by atoms with van der Waals surface area (Å²) in [6.07, 6.45) is 61.0. The number of carbonyl (C=O) groups is 4. The first-order valence-corrected chi connectivity index (χ1v) is 44.5. The summed E-state index contributed by atoms with van der Waals surface area (Å²) in [5.41, 5.74) is 0. The van der Waals surface area contributed by atoms with Gasteiger partial charge in [0.25, 0.3) is 0 Å². The lowest BCUT2D eigenvalue weighted by Gasteiger charge is -2.21. The van der Waals surface area contributed by atoms with Crippen molar-refractivity contribution >= 4 is 39.5 Å². The molecule has 0 spiro atoms. The van der Waals surface area contributed by atoms with Crippen molar-refractivity contribution in [2.45, 2.75) is 439 Å². The molecule has 0 aliphatic heterocycles. The molecule has 0 rings (SSSR count). The first-order valence-electron chi connectivity index (χ1n) is 41.5. The summed E-state index contributed by atoms with van der Waals surface area (Å²) in [5.74, 6) is -0.548. The molecule has 0 amide bonds. The van der Waals surface area contributed by atoms with Crippen LogP contribution in [-0.2, 0) is 65.4 Å². The Hall–Kier alpha value is -1.94. The van der Waals surface area contributed by atoms with E-state index in [1.807, 2.05) is 0 Å². The smallest absolute Gasteiger partial charge is 0.462 e. The first-order chi connectivity index (χ1) is 47.9. The van der Waals surface area contributed by atoms with E-state index in [1.165, 1.54) is 238 Å². The number of aliphatic hydroxyl groups excluding tert-OH is 1. The summed E-state index contributed by atoms with van der Waals surface area (Å²) in [7, 11) is -9.92.